The van der Waals surface area contributed by atoms with Crippen molar-refractivity contribution in [2.45, 2.75) is 19.5 Å². The maximum Gasteiger partial charge on any atom is 0.246 e. The van der Waals surface area contributed by atoms with Crippen molar-refractivity contribution in [2.24, 2.45) is 0 Å². The van der Waals surface area contributed by atoms with E-state index in [1.807, 2.05) is 35.8 Å². The Labute approximate surface area is 155 Å². The number of ether oxygens (including phenoxy) is 1. The molecule has 0 saturated heterocycles. The molecule has 0 saturated carbocycles. The molecule has 0 spiro atoms. The quantitative estimate of drug-likeness (QED) is 0.714. The van der Waals surface area contributed by atoms with Crippen molar-refractivity contribution in [1.82, 2.24) is 14.9 Å². The molecule has 1 atom stereocenters. The summed E-state index contributed by atoms with van der Waals surface area (Å²) in [5, 5.41) is 3.19. The second-order valence-electron chi connectivity index (χ2n) is 5.97. The average Bonchev–Trinajstić information content (AvgIpc) is 2.97. The number of amides is 1. The third-order valence-electron chi connectivity index (χ3n) is 4.10. The molecule has 5 nitrogen and oxygen atoms in total. The highest BCUT2D eigenvalue weighted by Gasteiger charge is 2.20. The summed E-state index contributed by atoms with van der Waals surface area (Å²) in [6, 6.07) is 11.8. The minimum absolute atomic E-state index is 0.0380. The summed E-state index contributed by atoms with van der Waals surface area (Å²) in [7, 11) is 1.46. The summed E-state index contributed by atoms with van der Waals surface area (Å²) in [5.74, 6) is -0.00481. The zero-order valence-corrected chi connectivity index (χ0v) is 15.3. The van der Waals surface area contributed by atoms with E-state index >= 15 is 0 Å². The van der Waals surface area contributed by atoms with Crippen LogP contribution in [0.3, 0.4) is 0 Å². The minimum Gasteiger partial charge on any atom is -0.375 e. The van der Waals surface area contributed by atoms with E-state index in [2.05, 4.69) is 10.3 Å². The second kappa shape index (κ2) is 7.85. The van der Waals surface area contributed by atoms with Gasteiger partial charge >= 0.3 is 0 Å². The molecule has 26 heavy (non-hydrogen) atoms. The Hall–Kier alpha value is -2.44. The number of hydrogen-bond donors (Lipinski definition) is 1. The van der Waals surface area contributed by atoms with Gasteiger partial charge in [-0.15, -0.1) is 0 Å². The zero-order valence-electron chi connectivity index (χ0n) is 14.5. The van der Waals surface area contributed by atoms with E-state index in [9.17, 15) is 9.18 Å². The summed E-state index contributed by atoms with van der Waals surface area (Å²) in [5.41, 5.74) is 1.99. The van der Waals surface area contributed by atoms with Crippen molar-refractivity contribution >= 4 is 28.5 Å². The van der Waals surface area contributed by atoms with Gasteiger partial charge in [0.1, 0.15) is 18.2 Å². The van der Waals surface area contributed by atoms with Crippen molar-refractivity contribution in [3.05, 3.63) is 64.7 Å². The van der Waals surface area contributed by atoms with Crippen LogP contribution < -0.4 is 5.32 Å². The molecule has 3 rings (SSSR count). The van der Waals surface area contributed by atoms with E-state index in [0.717, 1.165) is 11.0 Å². The molecule has 0 aliphatic carbocycles. The summed E-state index contributed by atoms with van der Waals surface area (Å²) >= 11 is 6.20. The first-order valence-corrected chi connectivity index (χ1v) is 8.55. The van der Waals surface area contributed by atoms with Crippen LogP contribution >= 0.6 is 11.6 Å². The van der Waals surface area contributed by atoms with Crippen molar-refractivity contribution in [3.8, 4) is 0 Å². The monoisotopic (exact) mass is 375 g/mol. The predicted octanol–water partition coefficient (Wildman–Crippen LogP) is 3.70. The Morgan fingerprint density at radius 2 is 2.08 bits per heavy atom. The summed E-state index contributed by atoms with van der Waals surface area (Å²) in [6.45, 7) is 2.00. The van der Waals surface area contributed by atoms with Crippen LogP contribution in [0.25, 0.3) is 11.0 Å². The SMILES string of the molecule is COCC(=O)N[C@H](C)c1nc2ccccc2n1Cc1c(F)cccc1Cl. The topological polar surface area (TPSA) is 56.1 Å². The first-order valence-electron chi connectivity index (χ1n) is 8.17. The molecule has 1 heterocycles. The van der Waals surface area contributed by atoms with Gasteiger partial charge in [0.05, 0.1) is 23.6 Å². The Morgan fingerprint density at radius 3 is 2.81 bits per heavy atom. The van der Waals surface area contributed by atoms with Gasteiger partial charge in [-0.2, -0.15) is 0 Å². The number of imidazole rings is 1. The highest BCUT2D eigenvalue weighted by Crippen LogP contribution is 2.26. The third-order valence-corrected chi connectivity index (χ3v) is 4.46. The lowest BCUT2D eigenvalue weighted by atomic mass is 10.2. The summed E-state index contributed by atoms with van der Waals surface area (Å²) < 4.78 is 21.0. The second-order valence-corrected chi connectivity index (χ2v) is 6.37. The van der Waals surface area contributed by atoms with Crippen LogP contribution in [-0.2, 0) is 16.1 Å². The van der Waals surface area contributed by atoms with Crippen molar-refractivity contribution in [2.75, 3.05) is 13.7 Å². The fraction of sp³-hybridized carbons (Fsp3) is 0.263. The number of nitrogens with zero attached hydrogens (tertiary/aromatic N) is 2. The van der Waals surface area contributed by atoms with E-state index in [1.54, 1.807) is 12.1 Å². The molecular formula is C19H19ClFN3O2. The molecule has 0 fully saturated rings. The van der Waals surface area contributed by atoms with Crippen LogP contribution in [-0.4, -0.2) is 29.2 Å². The molecule has 1 N–H and O–H groups in total. The van der Waals surface area contributed by atoms with E-state index in [0.29, 0.717) is 16.4 Å². The fourth-order valence-electron chi connectivity index (χ4n) is 2.91. The van der Waals surface area contributed by atoms with Crippen LogP contribution in [0, 0.1) is 5.82 Å². The number of halogens is 2. The smallest absolute Gasteiger partial charge is 0.246 e. The molecule has 1 amide bonds. The van der Waals surface area contributed by atoms with Gasteiger partial charge in [-0.05, 0) is 31.2 Å². The van der Waals surface area contributed by atoms with Gasteiger partial charge in [-0.3, -0.25) is 4.79 Å². The Morgan fingerprint density at radius 1 is 1.31 bits per heavy atom. The highest BCUT2D eigenvalue weighted by atomic mass is 35.5. The van der Waals surface area contributed by atoms with E-state index in [4.69, 9.17) is 16.3 Å². The van der Waals surface area contributed by atoms with Crippen molar-refractivity contribution in [1.29, 1.82) is 0 Å². The number of fused-ring (bicyclic) bond motifs is 1. The number of hydrogen-bond acceptors (Lipinski definition) is 3. The number of rotatable bonds is 6. The lowest BCUT2D eigenvalue weighted by Crippen LogP contribution is -2.31. The molecular weight excluding hydrogens is 357 g/mol. The molecule has 136 valence electrons. The predicted molar refractivity (Wildman–Crippen MR) is 98.7 cm³/mol. The van der Waals surface area contributed by atoms with Crippen LogP contribution in [0.1, 0.15) is 24.4 Å². The number of carbonyl (C=O) groups excluding carboxylic acids is 1. The Balaban J connectivity index is 2.04. The van der Waals surface area contributed by atoms with Crippen LogP contribution in [0.15, 0.2) is 42.5 Å². The van der Waals surface area contributed by atoms with Crippen molar-refractivity contribution < 1.29 is 13.9 Å². The van der Waals surface area contributed by atoms with E-state index in [1.165, 1.54) is 13.2 Å². The van der Waals surface area contributed by atoms with Gasteiger partial charge < -0.3 is 14.6 Å². The van der Waals surface area contributed by atoms with Crippen molar-refractivity contribution in [3.63, 3.8) is 0 Å². The largest absolute Gasteiger partial charge is 0.375 e. The maximum atomic E-state index is 14.3. The Kier molecular flexibility index (Phi) is 5.54. The van der Waals surface area contributed by atoms with Crippen LogP contribution in [0.5, 0.6) is 0 Å². The minimum atomic E-state index is -0.379. The first kappa shape index (κ1) is 18.4. The number of para-hydroxylation sites is 2. The van der Waals surface area contributed by atoms with Crippen LogP contribution in [0.2, 0.25) is 5.02 Å². The van der Waals surface area contributed by atoms with Gasteiger partial charge in [0, 0.05) is 17.7 Å². The molecule has 0 aliphatic rings. The summed E-state index contributed by atoms with van der Waals surface area (Å²) in [6.07, 6.45) is 0. The zero-order chi connectivity index (χ0) is 18.7. The number of methoxy groups -OCH3 is 1. The molecule has 7 heteroatoms. The standard InChI is InChI=1S/C19H19ClFN3O2/c1-12(22-18(25)11-26-2)19-23-16-8-3-4-9-17(16)24(19)10-13-14(20)6-5-7-15(13)21/h3-9,12H,10-11H2,1-2H3,(H,22,25)/t12-/m1/s1. The Bertz CT molecular complexity index is 921. The molecule has 1 aromatic heterocycles. The highest BCUT2D eigenvalue weighted by molar-refractivity contribution is 6.31. The lowest BCUT2D eigenvalue weighted by molar-refractivity contribution is -0.125. The molecule has 0 radical (unpaired) electrons. The number of carbonyl (C=O) groups is 1. The van der Waals surface area contributed by atoms with Gasteiger partial charge in [0.2, 0.25) is 5.91 Å². The molecule has 0 bridgehead atoms. The summed E-state index contributed by atoms with van der Waals surface area (Å²) in [4.78, 5) is 16.5. The van der Waals surface area contributed by atoms with E-state index < -0.39 is 0 Å². The molecule has 3 aromatic rings. The van der Waals surface area contributed by atoms with Gasteiger partial charge in [0.15, 0.2) is 0 Å². The molecule has 0 aliphatic heterocycles. The van der Waals surface area contributed by atoms with E-state index in [-0.39, 0.29) is 30.9 Å². The number of aromatic nitrogens is 2. The third kappa shape index (κ3) is 3.71. The number of nitrogens with one attached hydrogen (secondary N) is 1. The number of benzene rings is 2. The normalized spacial score (nSPS) is 12.3. The molecule has 0 unspecified atom stereocenters. The van der Waals surface area contributed by atoms with Gasteiger partial charge in [-0.1, -0.05) is 29.8 Å². The maximum absolute atomic E-state index is 14.3. The fourth-order valence-corrected chi connectivity index (χ4v) is 3.13. The lowest BCUT2D eigenvalue weighted by Gasteiger charge is -2.17. The van der Waals surface area contributed by atoms with Gasteiger partial charge in [-0.25, -0.2) is 9.37 Å². The molecule has 2 aromatic carbocycles. The first-order chi connectivity index (χ1) is 12.5. The van der Waals surface area contributed by atoms with Crippen LogP contribution in [0.4, 0.5) is 4.39 Å². The average molecular weight is 376 g/mol. The van der Waals surface area contributed by atoms with Gasteiger partial charge in [0.25, 0.3) is 0 Å².